The topological polar surface area (TPSA) is 37.6 Å². The highest BCUT2D eigenvalue weighted by Crippen LogP contribution is 2.33. The van der Waals surface area contributed by atoms with E-state index in [0.29, 0.717) is 12.1 Å². The molecule has 28 heavy (non-hydrogen) atoms. The second-order valence-corrected chi connectivity index (χ2v) is 6.34. The van der Waals surface area contributed by atoms with Crippen LogP contribution in [0.25, 0.3) is 17.0 Å². The van der Waals surface area contributed by atoms with Crippen LogP contribution in [0, 0.1) is 0 Å². The van der Waals surface area contributed by atoms with E-state index in [1.807, 2.05) is 35.8 Å². The lowest BCUT2D eigenvalue weighted by molar-refractivity contribution is -0.114. The summed E-state index contributed by atoms with van der Waals surface area (Å²) in [4.78, 5) is 12.8. The molecule has 1 aromatic heterocycles. The lowest BCUT2D eigenvalue weighted by Crippen LogP contribution is -2.25. The number of para-hydroxylation sites is 2. The average Bonchev–Trinajstić information content (AvgIpc) is 3.21. The zero-order chi connectivity index (χ0) is 19.9. The lowest BCUT2D eigenvalue weighted by atomic mass is 10.1. The number of rotatable bonds is 3. The third-order valence-corrected chi connectivity index (χ3v) is 4.61. The molecule has 1 aliphatic heterocycles. The molecule has 0 saturated carbocycles. The van der Waals surface area contributed by atoms with E-state index in [4.69, 9.17) is 0 Å². The number of aromatic nitrogens is 1. The minimum absolute atomic E-state index is 0.286. The van der Waals surface area contributed by atoms with Crippen molar-refractivity contribution in [2.24, 2.45) is 5.10 Å². The number of alkyl halides is 3. The van der Waals surface area contributed by atoms with Crippen LogP contribution in [-0.2, 0) is 11.3 Å². The van der Waals surface area contributed by atoms with Crippen LogP contribution in [0.5, 0.6) is 0 Å². The number of benzene rings is 2. The summed E-state index contributed by atoms with van der Waals surface area (Å²) in [5.41, 5.74) is 0.0825. The van der Waals surface area contributed by atoms with Gasteiger partial charge in [-0.2, -0.15) is 23.3 Å². The number of amides is 1. The first-order valence-electron chi connectivity index (χ1n) is 8.75. The summed E-state index contributed by atoms with van der Waals surface area (Å²) in [6.45, 7) is 2.61. The van der Waals surface area contributed by atoms with Crippen molar-refractivity contribution in [3.05, 3.63) is 71.9 Å². The van der Waals surface area contributed by atoms with Crippen LogP contribution in [0.15, 0.2) is 71.5 Å². The monoisotopic (exact) mass is 383 g/mol. The van der Waals surface area contributed by atoms with Crippen LogP contribution in [-0.4, -0.2) is 22.4 Å². The number of nitrogens with zero attached hydrogens (tertiary/aromatic N) is 3. The Balaban J connectivity index is 1.87. The van der Waals surface area contributed by atoms with Gasteiger partial charge in [0, 0.05) is 29.2 Å². The molecule has 0 radical (unpaired) electrons. The van der Waals surface area contributed by atoms with Gasteiger partial charge in [-0.3, -0.25) is 4.79 Å². The van der Waals surface area contributed by atoms with Crippen molar-refractivity contribution >= 4 is 34.3 Å². The van der Waals surface area contributed by atoms with E-state index in [2.05, 4.69) is 5.10 Å². The van der Waals surface area contributed by atoms with Gasteiger partial charge in [-0.15, -0.1) is 0 Å². The minimum Gasteiger partial charge on any atom is -0.347 e. The number of anilines is 1. The molecule has 1 amide bonds. The summed E-state index contributed by atoms with van der Waals surface area (Å²) in [5, 5.41) is 5.18. The fourth-order valence-corrected chi connectivity index (χ4v) is 3.31. The average molecular weight is 383 g/mol. The summed E-state index contributed by atoms with van der Waals surface area (Å²) in [7, 11) is 0. The van der Waals surface area contributed by atoms with E-state index in [1.54, 1.807) is 36.5 Å². The smallest absolute Gasteiger partial charge is 0.347 e. The second-order valence-electron chi connectivity index (χ2n) is 6.34. The lowest BCUT2D eigenvalue weighted by Gasteiger charge is -2.10. The Kier molecular flexibility index (Phi) is 4.30. The van der Waals surface area contributed by atoms with Crippen LogP contribution in [0.4, 0.5) is 18.9 Å². The van der Waals surface area contributed by atoms with Gasteiger partial charge < -0.3 is 4.57 Å². The van der Waals surface area contributed by atoms with Crippen LogP contribution in [0.3, 0.4) is 0 Å². The summed E-state index contributed by atoms with van der Waals surface area (Å²) >= 11 is 0. The Morgan fingerprint density at radius 2 is 1.71 bits per heavy atom. The molecule has 4 rings (SSSR count). The summed E-state index contributed by atoms with van der Waals surface area (Å²) in [6, 6.07) is 15.5. The molecule has 0 fully saturated rings. The fraction of sp³-hybridized carbons (Fsp3) is 0.143. The van der Waals surface area contributed by atoms with E-state index in [9.17, 15) is 18.0 Å². The van der Waals surface area contributed by atoms with E-state index in [0.717, 1.165) is 15.9 Å². The highest BCUT2D eigenvalue weighted by Gasteiger charge is 2.46. The predicted octanol–water partition coefficient (Wildman–Crippen LogP) is 5.01. The van der Waals surface area contributed by atoms with E-state index in [-0.39, 0.29) is 5.69 Å². The first-order chi connectivity index (χ1) is 13.4. The van der Waals surface area contributed by atoms with Crippen LogP contribution in [0.1, 0.15) is 12.5 Å². The maximum Gasteiger partial charge on any atom is 0.435 e. The van der Waals surface area contributed by atoms with Gasteiger partial charge in [0.05, 0.1) is 11.3 Å². The van der Waals surface area contributed by atoms with Crippen molar-refractivity contribution in [2.45, 2.75) is 19.6 Å². The summed E-state index contributed by atoms with van der Waals surface area (Å²) < 4.78 is 42.7. The van der Waals surface area contributed by atoms with Gasteiger partial charge in [0.1, 0.15) is 0 Å². The number of halogens is 3. The Labute approximate surface area is 159 Å². The van der Waals surface area contributed by atoms with Crippen LogP contribution in [0.2, 0.25) is 0 Å². The highest BCUT2D eigenvalue weighted by molar-refractivity contribution is 6.34. The zero-order valence-electron chi connectivity index (χ0n) is 14.9. The molecule has 0 aliphatic carbocycles. The number of carbonyl (C=O) groups is 1. The Morgan fingerprint density at radius 3 is 2.39 bits per heavy atom. The Morgan fingerprint density at radius 1 is 1.04 bits per heavy atom. The van der Waals surface area contributed by atoms with Gasteiger partial charge in [-0.1, -0.05) is 36.4 Å². The Bertz CT molecular complexity index is 1110. The molecule has 7 heteroatoms. The number of fused-ring (bicyclic) bond motifs is 1. The summed E-state index contributed by atoms with van der Waals surface area (Å²) in [5.74, 6) is -0.799. The van der Waals surface area contributed by atoms with Crippen LogP contribution >= 0.6 is 0 Å². The molecule has 0 N–H and O–H groups in total. The van der Waals surface area contributed by atoms with Crippen molar-refractivity contribution in [1.82, 2.24) is 4.57 Å². The molecule has 0 bridgehead atoms. The number of hydrazone groups is 1. The van der Waals surface area contributed by atoms with Crippen molar-refractivity contribution in [2.75, 3.05) is 5.01 Å². The molecule has 2 heterocycles. The maximum absolute atomic E-state index is 13.6. The van der Waals surface area contributed by atoms with Crippen molar-refractivity contribution < 1.29 is 18.0 Å². The van der Waals surface area contributed by atoms with Crippen LogP contribution < -0.4 is 5.01 Å². The molecular weight excluding hydrogens is 367 g/mol. The Hall–Kier alpha value is -3.35. The maximum atomic E-state index is 13.6. The molecule has 0 spiro atoms. The molecule has 0 atom stereocenters. The molecular formula is C21H16F3N3O. The van der Waals surface area contributed by atoms with Crippen molar-refractivity contribution in [1.29, 1.82) is 0 Å². The number of hydrogen-bond acceptors (Lipinski definition) is 2. The fourth-order valence-electron chi connectivity index (χ4n) is 3.31. The number of aryl methyl sites for hydroxylation is 1. The number of hydrogen-bond donors (Lipinski definition) is 0. The first-order valence-corrected chi connectivity index (χ1v) is 8.75. The van der Waals surface area contributed by atoms with Gasteiger partial charge in [0.25, 0.3) is 5.91 Å². The quantitative estimate of drug-likeness (QED) is 0.586. The van der Waals surface area contributed by atoms with Gasteiger partial charge in [0.15, 0.2) is 5.71 Å². The van der Waals surface area contributed by atoms with E-state index >= 15 is 0 Å². The predicted molar refractivity (Wildman–Crippen MR) is 103 cm³/mol. The molecule has 2 aromatic carbocycles. The summed E-state index contributed by atoms with van der Waals surface area (Å²) in [6.07, 6.45) is -1.70. The standard InChI is InChI=1S/C21H16F3N3O/c1-2-26-13-14(16-10-6-7-11-18(16)26)12-17-19(21(22,23)24)25-27(20(17)28)15-8-4-3-5-9-15/h3-13H,2H2,1H3/b17-12-. The minimum atomic E-state index is -4.74. The van der Waals surface area contributed by atoms with Crippen molar-refractivity contribution in [3.63, 3.8) is 0 Å². The van der Waals surface area contributed by atoms with Crippen molar-refractivity contribution in [3.8, 4) is 0 Å². The van der Waals surface area contributed by atoms with E-state index in [1.165, 1.54) is 6.08 Å². The zero-order valence-corrected chi connectivity index (χ0v) is 14.9. The van der Waals surface area contributed by atoms with Gasteiger partial charge in [-0.25, -0.2) is 0 Å². The molecule has 142 valence electrons. The molecule has 3 aromatic rings. The molecule has 4 nitrogen and oxygen atoms in total. The largest absolute Gasteiger partial charge is 0.435 e. The third kappa shape index (κ3) is 2.98. The van der Waals surface area contributed by atoms with E-state index < -0.39 is 23.4 Å². The van der Waals surface area contributed by atoms with Gasteiger partial charge in [-0.05, 0) is 31.2 Å². The van der Waals surface area contributed by atoms with Gasteiger partial charge >= 0.3 is 6.18 Å². The SMILES string of the molecule is CCn1cc(/C=C2\C(=O)N(c3ccccc3)N=C2C(F)(F)F)c2ccccc21. The molecule has 1 aliphatic rings. The molecule has 0 unspecified atom stereocenters. The normalized spacial score (nSPS) is 16.3. The first kappa shape index (κ1) is 18.0. The van der Waals surface area contributed by atoms with Gasteiger partial charge in [0.2, 0.25) is 0 Å². The number of carbonyl (C=O) groups excluding carboxylic acids is 1. The third-order valence-electron chi connectivity index (χ3n) is 4.61. The molecule has 0 saturated heterocycles. The second kappa shape index (κ2) is 6.67. The highest BCUT2D eigenvalue weighted by atomic mass is 19.4.